The highest BCUT2D eigenvalue weighted by Crippen LogP contribution is 2.30. The monoisotopic (exact) mass is 456 g/mol. The molecule has 0 saturated carbocycles. The molecule has 0 spiro atoms. The highest BCUT2D eigenvalue weighted by atomic mass is 35.5. The second-order valence-electron chi connectivity index (χ2n) is 8.36. The summed E-state index contributed by atoms with van der Waals surface area (Å²) >= 11 is 6.01. The number of amides is 3. The van der Waals surface area contributed by atoms with Crippen molar-refractivity contribution in [1.29, 1.82) is 0 Å². The molecule has 8 heteroatoms. The number of piperidine rings is 1. The van der Waals surface area contributed by atoms with Crippen LogP contribution >= 0.6 is 11.6 Å². The summed E-state index contributed by atoms with van der Waals surface area (Å²) in [6.45, 7) is 2.34. The Bertz CT molecular complexity index is 1010. The molecular formula is C24H26ClFN4O2. The van der Waals surface area contributed by atoms with Gasteiger partial charge >= 0.3 is 6.03 Å². The van der Waals surface area contributed by atoms with E-state index in [1.165, 1.54) is 12.1 Å². The van der Waals surface area contributed by atoms with Gasteiger partial charge in [-0.1, -0.05) is 29.8 Å². The maximum Gasteiger partial charge on any atom is 0.316 e. The third-order valence-corrected chi connectivity index (χ3v) is 6.29. The van der Waals surface area contributed by atoms with Crippen LogP contribution < -0.4 is 11.1 Å². The SMILES string of the molecule is NC(=O)Nc1cc(Cl)ccc1C=CC(=O)N1C2CCCC1CN(Cc1ccc(F)cc1)C2. The fourth-order valence-corrected chi connectivity index (χ4v) is 4.87. The Morgan fingerprint density at radius 2 is 1.81 bits per heavy atom. The predicted molar refractivity (Wildman–Crippen MR) is 124 cm³/mol. The van der Waals surface area contributed by atoms with E-state index in [0.29, 0.717) is 16.3 Å². The largest absolute Gasteiger partial charge is 0.351 e. The van der Waals surface area contributed by atoms with Crippen molar-refractivity contribution >= 4 is 35.3 Å². The minimum Gasteiger partial charge on any atom is -0.351 e. The lowest BCUT2D eigenvalue weighted by Crippen LogP contribution is -2.61. The van der Waals surface area contributed by atoms with Crippen LogP contribution in [-0.2, 0) is 11.3 Å². The second-order valence-corrected chi connectivity index (χ2v) is 8.80. The zero-order valence-electron chi connectivity index (χ0n) is 17.6. The van der Waals surface area contributed by atoms with Crippen LogP contribution in [0.25, 0.3) is 6.08 Å². The van der Waals surface area contributed by atoms with Crippen molar-refractivity contribution in [3.05, 3.63) is 70.5 Å². The maximum atomic E-state index is 13.2. The standard InChI is InChI=1S/C24H26ClFN4O2/c25-18-8-6-17(22(12-18)28-24(27)32)7-11-23(31)30-20-2-1-3-21(30)15-29(14-20)13-16-4-9-19(26)10-5-16/h4-12,20-21H,1-3,13-15H2,(H3,27,28,32). The van der Waals surface area contributed by atoms with E-state index < -0.39 is 6.03 Å². The van der Waals surface area contributed by atoms with Crippen LogP contribution in [0.2, 0.25) is 5.02 Å². The van der Waals surface area contributed by atoms with Crippen molar-refractivity contribution in [1.82, 2.24) is 9.80 Å². The molecule has 2 aliphatic heterocycles. The molecule has 3 amide bonds. The average molecular weight is 457 g/mol. The van der Waals surface area contributed by atoms with Crippen LogP contribution in [-0.4, -0.2) is 46.9 Å². The van der Waals surface area contributed by atoms with E-state index in [1.807, 2.05) is 17.0 Å². The Balaban J connectivity index is 1.45. The number of nitrogens with one attached hydrogen (secondary N) is 1. The van der Waals surface area contributed by atoms with E-state index in [-0.39, 0.29) is 23.8 Å². The molecule has 32 heavy (non-hydrogen) atoms. The lowest BCUT2D eigenvalue weighted by Gasteiger charge is -2.50. The van der Waals surface area contributed by atoms with Gasteiger partial charge in [-0.2, -0.15) is 0 Å². The molecule has 4 rings (SSSR count). The highest BCUT2D eigenvalue weighted by molar-refractivity contribution is 6.31. The van der Waals surface area contributed by atoms with E-state index in [0.717, 1.165) is 44.5 Å². The topological polar surface area (TPSA) is 78.7 Å². The number of hydrogen-bond donors (Lipinski definition) is 2. The van der Waals surface area contributed by atoms with Gasteiger partial charge in [0.25, 0.3) is 0 Å². The molecule has 168 valence electrons. The normalized spacial score (nSPS) is 21.0. The smallest absolute Gasteiger partial charge is 0.316 e. The molecule has 2 saturated heterocycles. The van der Waals surface area contributed by atoms with Crippen LogP contribution in [0.3, 0.4) is 0 Å². The summed E-state index contributed by atoms with van der Waals surface area (Å²) < 4.78 is 13.2. The van der Waals surface area contributed by atoms with Gasteiger partial charge in [0.2, 0.25) is 5.91 Å². The van der Waals surface area contributed by atoms with E-state index in [2.05, 4.69) is 10.2 Å². The summed E-state index contributed by atoms with van der Waals surface area (Å²) in [6, 6.07) is 11.2. The maximum absolute atomic E-state index is 13.2. The molecular weight excluding hydrogens is 431 g/mol. The van der Waals surface area contributed by atoms with Gasteiger partial charge in [0.1, 0.15) is 5.82 Å². The van der Waals surface area contributed by atoms with Crippen molar-refractivity contribution in [2.75, 3.05) is 18.4 Å². The number of nitrogens with zero attached hydrogens (tertiary/aromatic N) is 2. The van der Waals surface area contributed by atoms with E-state index >= 15 is 0 Å². The number of hydrogen-bond acceptors (Lipinski definition) is 3. The number of benzene rings is 2. The number of halogens is 2. The molecule has 2 aromatic rings. The molecule has 2 heterocycles. The molecule has 2 bridgehead atoms. The van der Waals surface area contributed by atoms with Gasteiger partial charge in [-0.3, -0.25) is 9.69 Å². The molecule has 0 aliphatic carbocycles. The fraction of sp³-hybridized carbons (Fsp3) is 0.333. The van der Waals surface area contributed by atoms with Crippen LogP contribution in [0.5, 0.6) is 0 Å². The Morgan fingerprint density at radius 1 is 1.12 bits per heavy atom. The summed E-state index contributed by atoms with van der Waals surface area (Å²) in [5, 5.41) is 3.00. The third-order valence-electron chi connectivity index (χ3n) is 6.05. The average Bonchev–Trinajstić information content (AvgIpc) is 2.73. The number of rotatable bonds is 5. The van der Waals surface area contributed by atoms with Gasteiger partial charge in [-0.25, -0.2) is 9.18 Å². The van der Waals surface area contributed by atoms with Gasteiger partial charge in [0.15, 0.2) is 0 Å². The summed E-state index contributed by atoms with van der Waals surface area (Å²) in [5.74, 6) is -0.274. The minimum atomic E-state index is -0.694. The first-order chi connectivity index (χ1) is 15.4. The minimum absolute atomic E-state index is 0.0406. The number of carbonyl (C=O) groups excluding carboxylic acids is 2. The number of piperazine rings is 1. The number of carbonyl (C=O) groups is 2. The quantitative estimate of drug-likeness (QED) is 0.660. The van der Waals surface area contributed by atoms with E-state index in [4.69, 9.17) is 17.3 Å². The summed E-state index contributed by atoms with van der Waals surface area (Å²) in [7, 11) is 0. The summed E-state index contributed by atoms with van der Waals surface area (Å²) in [4.78, 5) is 28.8. The molecule has 2 aliphatic rings. The number of primary amides is 1. The van der Waals surface area contributed by atoms with Gasteiger partial charge in [-0.15, -0.1) is 0 Å². The van der Waals surface area contributed by atoms with Crippen LogP contribution in [0.15, 0.2) is 48.5 Å². The lowest BCUT2D eigenvalue weighted by molar-refractivity contribution is -0.137. The van der Waals surface area contributed by atoms with Crippen LogP contribution in [0.4, 0.5) is 14.9 Å². The van der Waals surface area contributed by atoms with Crippen molar-refractivity contribution in [3.63, 3.8) is 0 Å². The van der Waals surface area contributed by atoms with E-state index in [9.17, 15) is 14.0 Å². The summed E-state index contributed by atoms with van der Waals surface area (Å²) in [5.41, 5.74) is 7.42. The number of fused-ring (bicyclic) bond motifs is 2. The van der Waals surface area contributed by atoms with Crippen LogP contribution in [0, 0.1) is 5.82 Å². The first-order valence-corrected chi connectivity index (χ1v) is 11.1. The van der Waals surface area contributed by atoms with Gasteiger partial charge in [0.05, 0.1) is 5.69 Å². The second kappa shape index (κ2) is 9.71. The molecule has 0 aromatic heterocycles. The van der Waals surface area contributed by atoms with Crippen molar-refractivity contribution in [3.8, 4) is 0 Å². The summed E-state index contributed by atoms with van der Waals surface area (Å²) in [6.07, 6.45) is 6.27. The first kappa shape index (κ1) is 22.3. The lowest BCUT2D eigenvalue weighted by atomic mass is 9.90. The fourth-order valence-electron chi connectivity index (χ4n) is 4.69. The first-order valence-electron chi connectivity index (χ1n) is 10.7. The number of urea groups is 1. The molecule has 2 atom stereocenters. The van der Waals surface area contributed by atoms with Gasteiger partial charge < -0.3 is 16.0 Å². The van der Waals surface area contributed by atoms with E-state index in [1.54, 1.807) is 30.4 Å². The van der Waals surface area contributed by atoms with Gasteiger partial charge in [-0.05, 0) is 60.7 Å². The molecule has 2 aromatic carbocycles. The molecule has 2 fully saturated rings. The Hall–Kier alpha value is -2.90. The Labute approximate surface area is 191 Å². The number of nitrogens with two attached hydrogens (primary N) is 1. The molecule has 3 N–H and O–H groups in total. The Kier molecular flexibility index (Phi) is 6.77. The number of likely N-dealkylation sites (tertiary alicyclic amines) is 1. The van der Waals surface area contributed by atoms with Crippen molar-refractivity contribution < 1.29 is 14.0 Å². The Morgan fingerprint density at radius 3 is 2.47 bits per heavy atom. The molecule has 2 unspecified atom stereocenters. The zero-order chi connectivity index (χ0) is 22.7. The van der Waals surface area contributed by atoms with Crippen molar-refractivity contribution in [2.24, 2.45) is 5.73 Å². The van der Waals surface area contributed by atoms with Crippen LogP contribution in [0.1, 0.15) is 30.4 Å². The number of anilines is 1. The third kappa shape index (κ3) is 5.29. The zero-order valence-corrected chi connectivity index (χ0v) is 18.4. The molecule has 0 radical (unpaired) electrons. The highest BCUT2D eigenvalue weighted by Gasteiger charge is 2.39. The van der Waals surface area contributed by atoms with Crippen molar-refractivity contribution in [2.45, 2.75) is 37.9 Å². The van der Waals surface area contributed by atoms with Gasteiger partial charge in [0, 0.05) is 42.8 Å². The predicted octanol–water partition coefficient (Wildman–Crippen LogP) is 4.25. The molecule has 6 nitrogen and oxygen atoms in total.